The van der Waals surface area contributed by atoms with Crippen molar-refractivity contribution in [2.24, 2.45) is 0 Å². The van der Waals surface area contributed by atoms with Gasteiger partial charge in [0.2, 0.25) is 5.91 Å². The van der Waals surface area contributed by atoms with Crippen molar-refractivity contribution in [1.82, 2.24) is 5.32 Å². The van der Waals surface area contributed by atoms with E-state index in [9.17, 15) is 13.2 Å². The molecule has 0 radical (unpaired) electrons. The number of nitrogens with one attached hydrogen (secondary N) is 1. The number of benzene rings is 3. The Balaban J connectivity index is 1.62. The van der Waals surface area contributed by atoms with Gasteiger partial charge in [0.15, 0.2) is 0 Å². The number of ether oxygens (including phenoxy) is 1. The van der Waals surface area contributed by atoms with Crippen molar-refractivity contribution in [3.63, 3.8) is 0 Å². The summed E-state index contributed by atoms with van der Waals surface area (Å²) in [5.74, 6) is 1.87. The highest BCUT2D eigenvalue weighted by Crippen LogP contribution is 2.32. The Hall–Kier alpha value is -2.97. The summed E-state index contributed by atoms with van der Waals surface area (Å²) in [5.41, 5.74) is 2.86. The number of sulfonamides is 1. The van der Waals surface area contributed by atoms with E-state index in [1.165, 1.54) is 23.3 Å². The SMILES string of the molecule is CCOc1ccccc1N(CC(=O)NCCCSCc1ccc(C)cc1)S(=O)(=O)c1ccccc1. The molecule has 8 heteroatoms. The van der Waals surface area contributed by atoms with Crippen LogP contribution in [0.3, 0.4) is 0 Å². The van der Waals surface area contributed by atoms with Crippen molar-refractivity contribution in [3.8, 4) is 5.75 Å². The van der Waals surface area contributed by atoms with Crippen molar-refractivity contribution >= 4 is 33.4 Å². The molecule has 35 heavy (non-hydrogen) atoms. The Morgan fingerprint density at radius 3 is 2.37 bits per heavy atom. The fourth-order valence-electron chi connectivity index (χ4n) is 3.42. The Labute approximate surface area is 212 Å². The quantitative estimate of drug-likeness (QED) is 0.325. The van der Waals surface area contributed by atoms with Crippen molar-refractivity contribution in [2.75, 3.05) is 29.8 Å². The summed E-state index contributed by atoms with van der Waals surface area (Å²) in [7, 11) is -3.97. The molecule has 0 heterocycles. The average molecular weight is 513 g/mol. The van der Waals surface area contributed by atoms with Crippen LogP contribution in [0.5, 0.6) is 5.75 Å². The summed E-state index contributed by atoms with van der Waals surface area (Å²) in [4.78, 5) is 12.9. The lowest BCUT2D eigenvalue weighted by Gasteiger charge is -2.26. The smallest absolute Gasteiger partial charge is 0.264 e. The second-order valence-corrected chi connectivity index (χ2v) is 10.9. The predicted octanol–water partition coefficient (Wildman–Crippen LogP) is 5.03. The highest BCUT2D eigenvalue weighted by atomic mass is 32.2. The Morgan fingerprint density at radius 2 is 1.66 bits per heavy atom. The minimum Gasteiger partial charge on any atom is -0.492 e. The standard InChI is InChI=1S/C27H32N2O4S2/c1-3-33-26-13-8-7-12-25(26)29(35(31,32)24-10-5-4-6-11-24)20-27(30)28-18-9-19-34-21-23-16-14-22(2)15-17-23/h4-8,10-17H,3,9,18-21H2,1-2H3,(H,28,30). The molecule has 0 saturated carbocycles. The number of para-hydroxylation sites is 2. The molecule has 186 valence electrons. The van der Waals surface area contributed by atoms with Crippen LogP contribution in [-0.2, 0) is 20.6 Å². The van der Waals surface area contributed by atoms with E-state index >= 15 is 0 Å². The van der Waals surface area contributed by atoms with Crippen LogP contribution in [-0.4, -0.2) is 39.8 Å². The first-order valence-electron chi connectivity index (χ1n) is 11.6. The summed E-state index contributed by atoms with van der Waals surface area (Å²) in [6, 6.07) is 23.5. The summed E-state index contributed by atoms with van der Waals surface area (Å²) in [5, 5.41) is 2.86. The van der Waals surface area contributed by atoms with Crippen LogP contribution in [0.2, 0.25) is 0 Å². The minimum absolute atomic E-state index is 0.117. The lowest BCUT2D eigenvalue weighted by molar-refractivity contribution is -0.119. The number of hydrogen-bond acceptors (Lipinski definition) is 5. The molecule has 3 aromatic carbocycles. The van der Waals surface area contributed by atoms with Crippen molar-refractivity contribution in [3.05, 3.63) is 90.0 Å². The van der Waals surface area contributed by atoms with E-state index in [-0.39, 0.29) is 17.3 Å². The highest BCUT2D eigenvalue weighted by molar-refractivity contribution is 7.98. The second kappa shape index (κ2) is 13.2. The van der Waals surface area contributed by atoms with Gasteiger partial charge in [-0.25, -0.2) is 8.42 Å². The minimum atomic E-state index is -3.97. The molecule has 3 rings (SSSR count). The number of amides is 1. The maximum absolute atomic E-state index is 13.5. The lowest BCUT2D eigenvalue weighted by atomic mass is 10.2. The molecule has 0 unspecified atom stereocenters. The molecule has 0 aromatic heterocycles. The van der Waals surface area contributed by atoms with Gasteiger partial charge in [0, 0.05) is 12.3 Å². The fourth-order valence-corrected chi connectivity index (χ4v) is 5.80. The van der Waals surface area contributed by atoms with Crippen LogP contribution in [0.4, 0.5) is 5.69 Å². The Kier molecular flexibility index (Phi) is 10.0. The van der Waals surface area contributed by atoms with Gasteiger partial charge in [0.1, 0.15) is 12.3 Å². The van der Waals surface area contributed by atoms with E-state index in [0.717, 1.165) is 22.2 Å². The van der Waals surface area contributed by atoms with Crippen LogP contribution in [0.1, 0.15) is 24.5 Å². The molecule has 3 aromatic rings. The molecular formula is C27H32N2O4S2. The van der Waals surface area contributed by atoms with Crippen molar-refractivity contribution < 1.29 is 17.9 Å². The van der Waals surface area contributed by atoms with E-state index in [4.69, 9.17) is 4.74 Å². The van der Waals surface area contributed by atoms with Crippen LogP contribution in [0, 0.1) is 6.92 Å². The van der Waals surface area contributed by atoms with Crippen molar-refractivity contribution in [2.45, 2.75) is 30.9 Å². The van der Waals surface area contributed by atoms with Gasteiger partial charge in [0.25, 0.3) is 10.0 Å². The van der Waals surface area contributed by atoms with Gasteiger partial charge in [0.05, 0.1) is 17.2 Å². The van der Waals surface area contributed by atoms with Crippen LogP contribution >= 0.6 is 11.8 Å². The van der Waals surface area contributed by atoms with Crippen LogP contribution in [0.15, 0.2) is 83.8 Å². The first-order chi connectivity index (χ1) is 16.9. The summed E-state index contributed by atoms with van der Waals surface area (Å²) in [6.45, 7) is 4.42. The molecule has 0 fully saturated rings. The third-order valence-corrected chi connectivity index (χ3v) is 8.12. The molecule has 0 aliphatic carbocycles. The van der Waals surface area contributed by atoms with Crippen LogP contribution in [0.25, 0.3) is 0 Å². The van der Waals surface area contributed by atoms with Gasteiger partial charge in [-0.05, 0) is 55.9 Å². The molecule has 0 atom stereocenters. The van der Waals surface area contributed by atoms with Gasteiger partial charge >= 0.3 is 0 Å². The maximum atomic E-state index is 13.5. The summed E-state index contributed by atoms with van der Waals surface area (Å²) >= 11 is 1.81. The molecule has 1 amide bonds. The monoisotopic (exact) mass is 512 g/mol. The first-order valence-corrected chi connectivity index (χ1v) is 14.2. The molecule has 1 N–H and O–H groups in total. The van der Waals surface area contributed by atoms with E-state index in [2.05, 4.69) is 36.5 Å². The van der Waals surface area contributed by atoms with E-state index < -0.39 is 10.0 Å². The lowest BCUT2D eigenvalue weighted by Crippen LogP contribution is -2.41. The molecule has 0 bridgehead atoms. The second-order valence-electron chi connectivity index (χ2n) is 7.97. The average Bonchev–Trinajstić information content (AvgIpc) is 2.87. The zero-order chi connectivity index (χ0) is 25.1. The third-order valence-electron chi connectivity index (χ3n) is 5.23. The largest absolute Gasteiger partial charge is 0.492 e. The zero-order valence-corrected chi connectivity index (χ0v) is 21.8. The Bertz CT molecular complexity index is 1180. The number of nitrogens with zero attached hydrogens (tertiary/aromatic N) is 1. The predicted molar refractivity (Wildman–Crippen MR) is 144 cm³/mol. The molecular weight excluding hydrogens is 480 g/mol. The summed E-state index contributed by atoms with van der Waals surface area (Å²) < 4.78 is 33.7. The zero-order valence-electron chi connectivity index (χ0n) is 20.1. The first kappa shape index (κ1) is 26.6. The summed E-state index contributed by atoms with van der Waals surface area (Å²) in [6.07, 6.45) is 0.795. The topological polar surface area (TPSA) is 75.7 Å². The number of anilines is 1. The van der Waals surface area contributed by atoms with Gasteiger partial charge < -0.3 is 10.1 Å². The molecule has 0 saturated heterocycles. The highest BCUT2D eigenvalue weighted by Gasteiger charge is 2.29. The normalized spacial score (nSPS) is 11.1. The fraction of sp³-hybridized carbons (Fsp3) is 0.296. The maximum Gasteiger partial charge on any atom is 0.264 e. The number of thioether (sulfide) groups is 1. The Morgan fingerprint density at radius 1 is 0.971 bits per heavy atom. The van der Waals surface area contributed by atoms with E-state index in [1.54, 1.807) is 42.5 Å². The third kappa shape index (κ3) is 7.77. The van der Waals surface area contributed by atoms with Gasteiger partial charge in [-0.2, -0.15) is 11.8 Å². The van der Waals surface area contributed by atoms with Gasteiger partial charge in [-0.1, -0.05) is 60.2 Å². The molecule has 0 aliphatic rings. The van der Waals surface area contributed by atoms with E-state index in [1.807, 2.05) is 18.7 Å². The van der Waals surface area contributed by atoms with E-state index in [0.29, 0.717) is 24.6 Å². The van der Waals surface area contributed by atoms with Crippen molar-refractivity contribution in [1.29, 1.82) is 0 Å². The number of carbonyl (C=O) groups is 1. The number of rotatable bonds is 13. The van der Waals surface area contributed by atoms with Crippen LogP contribution < -0.4 is 14.4 Å². The number of hydrogen-bond donors (Lipinski definition) is 1. The number of carbonyl (C=O) groups excluding carboxylic acids is 1. The van der Waals surface area contributed by atoms with Gasteiger partial charge in [-0.15, -0.1) is 0 Å². The number of aryl methyl sites for hydroxylation is 1. The van der Waals surface area contributed by atoms with Gasteiger partial charge in [-0.3, -0.25) is 9.10 Å². The molecule has 0 aliphatic heterocycles. The molecule has 0 spiro atoms. The molecule has 6 nitrogen and oxygen atoms in total.